The van der Waals surface area contributed by atoms with Crippen molar-refractivity contribution in [1.82, 2.24) is 30.4 Å². The van der Waals surface area contributed by atoms with Crippen LogP contribution < -0.4 is 10.1 Å². The molecule has 3 rings (SSSR count). The number of tetrazole rings is 1. The molecule has 3 aromatic rings. The van der Waals surface area contributed by atoms with Crippen molar-refractivity contribution in [3.05, 3.63) is 30.1 Å². The summed E-state index contributed by atoms with van der Waals surface area (Å²) in [6, 6.07) is 5.71. The van der Waals surface area contributed by atoms with Crippen molar-refractivity contribution >= 4 is 28.2 Å². The van der Waals surface area contributed by atoms with Crippen LogP contribution in [0, 0.1) is 0 Å². The normalized spacial score (nSPS) is 11.8. The fourth-order valence-corrected chi connectivity index (χ4v) is 3.56. The predicted octanol–water partition coefficient (Wildman–Crippen LogP) is 3.38. The number of nitrogens with one attached hydrogen (secondary N) is 1. The molecule has 0 amide bonds. The second-order valence-electron chi connectivity index (χ2n) is 5.01. The molecule has 0 saturated heterocycles. The van der Waals surface area contributed by atoms with E-state index in [-0.39, 0.29) is 16.6 Å². The first-order valence-corrected chi connectivity index (χ1v) is 9.20. The SMILES string of the molecule is FC(F)Oc1ccc(-n2nnnc2CSc2nnc(NCC(F)(F)F)s2)cc1. The Morgan fingerprint density at radius 2 is 1.89 bits per heavy atom. The summed E-state index contributed by atoms with van der Waals surface area (Å²) in [4.78, 5) is 0. The maximum atomic E-state index is 12.2. The van der Waals surface area contributed by atoms with E-state index in [0.29, 0.717) is 15.9 Å². The molecule has 0 aliphatic carbocycles. The minimum absolute atomic E-state index is 0.00417. The number of nitrogens with zero attached hydrogens (tertiary/aromatic N) is 6. The minimum Gasteiger partial charge on any atom is -0.435 e. The Labute approximate surface area is 162 Å². The fraction of sp³-hybridized carbons (Fsp3) is 0.308. The Kier molecular flexibility index (Phi) is 6.23. The monoisotopic (exact) mass is 439 g/mol. The van der Waals surface area contributed by atoms with E-state index in [1.54, 1.807) is 0 Å². The van der Waals surface area contributed by atoms with Crippen LogP contribution in [0.4, 0.5) is 27.1 Å². The smallest absolute Gasteiger partial charge is 0.405 e. The number of aromatic nitrogens is 6. The van der Waals surface area contributed by atoms with Crippen LogP contribution in [0.5, 0.6) is 5.75 Å². The number of thioether (sulfide) groups is 1. The third-order valence-corrected chi connectivity index (χ3v) is 5.02. The Hall–Kier alpha value is -2.55. The Morgan fingerprint density at radius 3 is 2.57 bits per heavy atom. The molecule has 150 valence electrons. The summed E-state index contributed by atoms with van der Waals surface area (Å²) in [6.07, 6.45) is -4.35. The van der Waals surface area contributed by atoms with E-state index in [4.69, 9.17) is 0 Å². The van der Waals surface area contributed by atoms with Gasteiger partial charge in [-0.25, -0.2) is 0 Å². The van der Waals surface area contributed by atoms with Gasteiger partial charge in [0.1, 0.15) is 12.3 Å². The summed E-state index contributed by atoms with van der Waals surface area (Å²) in [6.45, 7) is -4.12. The van der Waals surface area contributed by atoms with E-state index in [1.165, 1.54) is 40.7 Å². The maximum Gasteiger partial charge on any atom is 0.405 e. The van der Waals surface area contributed by atoms with Gasteiger partial charge in [-0.15, -0.1) is 15.3 Å². The zero-order chi connectivity index (χ0) is 20.1. The average molecular weight is 439 g/mol. The molecule has 0 fully saturated rings. The largest absolute Gasteiger partial charge is 0.435 e. The van der Waals surface area contributed by atoms with Gasteiger partial charge in [0.2, 0.25) is 5.13 Å². The molecule has 1 N–H and O–H groups in total. The van der Waals surface area contributed by atoms with Crippen LogP contribution in [-0.4, -0.2) is 49.7 Å². The summed E-state index contributed by atoms with van der Waals surface area (Å²) >= 11 is 2.16. The molecule has 1 aromatic carbocycles. The van der Waals surface area contributed by atoms with Crippen molar-refractivity contribution in [2.75, 3.05) is 11.9 Å². The van der Waals surface area contributed by atoms with Gasteiger partial charge in [0.15, 0.2) is 10.2 Å². The predicted molar refractivity (Wildman–Crippen MR) is 89.8 cm³/mol. The van der Waals surface area contributed by atoms with Gasteiger partial charge in [0, 0.05) is 0 Å². The zero-order valence-electron chi connectivity index (χ0n) is 13.6. The molecule has 8 nitrogen and oxygen atoms in total. The molecule has 0 radical (unpaired) electrons. The highest BCUT2D eigenvalue weighted by atomic mass is 32.2. The molecule has 28 heavy (non-hydrogen) atoms. The van der Waals surface area contributed by atoms with Crippen LogP contribution in [0.3, 0.4) is 0 Å². The summed E-state index contributed by atoms with van der Waals surface area (Å²) in [5.74, 6) is 0.680. The lowest BCUT2D eigenvalue weighted by Gasteiger charge is -2.06. The van der Waals surface area contributed by atoms with Gasteiger partial charge in [0.05, 0.1) is 11.4 Å². The lowest BCUT2D eigenvalue weighted by molar-refractivity contribution is -0.115. The first kappa shape index (κ1) is 20.2. The number of ether oxygens (including phenoxy) is 1. The third kappa shape index (κ3) is 5.72. The minimum atomic E-state index is -4.35. The first-order chi connectivity index (χ1) is 13.3. The van der Waals surface area contributed by atoms with E-state index < -0.39 is 19.3 Å². The second kappa shape index (κ2) is 8.64. The van der Waals surface area contributed by atoms with E-state index in [2.05, 4.69) is 35.8 Å². The van der Waals surface area contributed by atoms with E-state index >= 15 is 0 Å². The molecule has 0 aliphatic heterocycles. The van der Waals surface area contributed by atoms with Crippen LogP contribution in [0.25, 0.3) is 5.69 Å². The van der Waals surface area contributed by atoms with Crippen molar-refractivity contribution in [2.45, 2.75) is 22.9 Å². The second-order valence-corrected chi connectivity index (χ2v) is 7.21. The average Bonchev–Trinajstić information content (AvgIpc) is 3.27. The Bertz CT molecular complexity index is 899. The van der Waals surface area contributed by atoms with E-state index in [0.717, 1.165) is 11.3 Å². The molecule has 0 aliphatic rings. The number of benzene rings is 1. The van der Waals surface area contributed by atoms with Crippen molar-refractivity contribution in [3.63, 3.8) is 0 Å². The van der Waals surface area contributed by atoms with Crippen molar-refractivity contribution in [1.29, 1.82) is 0 Å². The molecule has 2 aromatic heterocycles. The third-order valence-electron chi connectivity index (χ3n) is 3.01. The van der Waals surface area contributed by atoms with Gasteiger partial charge in [-0.2, -0.15) is 26.6 Å². The topological polar surface area (TPSA) is 90.6 Å². The van der Waals surface area contributed by atoms with Crippen LogP contribution in [-0.2, 0) is 5.75 Å². The summed E-state index contributed by atoms with van der Waals surface area (Å²) in [5, 5.41) is 20.9. The molecule has 0 spiro atoms. The standard InChI is InChI=1S/C13H10F5N7OS2/c14-10(15)26-8-3-1-7(2-4-8)25-9(20-23-24-25)5-27-12-22-21-11(28-12)19-6-13(16,17)18/h1-4,10H,5-6H2,(H,19,21). The first-order valence-electron chi connectivity index (χ1n) is 7.39. The number of hydrogen-bond acceptors (Lipinski definition) is 9. The van der Waals surface area contributed by atoms with E-state index in [9.17, 15) is 22.0 Å². The number of alkyl halides is 5. The van der Waals surface area contributed by atoms with Gasteiger partial charge < -0.3 is 10.1 Å². The number of anilines is 1. The highest BCUT2D eigenvalue weighted by molar-refractivity contribution is 8.00. The molecule has 15 heteroatoms. The highest BCUT2D eigenvalue weighted by Gasteiger charge is 2.27. The molecule has 0 unspecified atom stereocenters. The van der Waals surface area contributed by atoms with Gasteiger partial charge in [-0.3, -0.25) is 0 Å². The number of halogens is 5. The van der Waals surface area contributed by atoms with Crippen molar-refractivity contribution in [3.8, 4) is 11.4 Å². The summed E-state index contributed by atoms with van der Waals surface area (Å²) in [7, 11) is 0. The number of rotatable bonds is 8. The van der Waals surface area contributed by atoms with Gasteiger partial charge >= 0.3 is 12.8 Å². The van der Waals surface area contributed by atoms with Crippen LogP contribution in [0.2, 0.25) is 0 Å². The molecule has 0 bridgehead atoms. The lowest BCUT2D eigenvalue weighted by atomic mass is 10.3. The molecule has 0 saturated carbocycles. The quantitative estimate of drug-likeness (QED) is 0.422. The van der Waals surface area contributed by atoms with Crippen molar-refractivity contribution in [2.24, 2.45) is 0 Å². The highest BCUT2D eigenvalue weighted by Crippen LogP contribution is 2.29. The Balaban J connectivity index is 1.61. The molecular formula is C13H10F5N7OS2. The van der Waals surface area contributed by atoms with Gasteiger partial charge in [0.25, 0.3) is 0 Å². The van der Waals surface area contributed by atoms with Crippen molar-refractivity contribution < 1.29 is 26.7 Å². The zero-order valence-corrected chi connectivity index (χ0v) is 15.2. The van der Waals surface area contributed by atoms with Gasteiger partial charge in [-0.1, -0.05) is 23.1 Å². The van der Waals surface area contributed by atoms with E-state index in [1.807, 2.05) is 0 Å². The van der Waals surface area contributed by atoms with Crippen LogP contribution >= 0.6 is 23.1 Å². The fourth-order valence-electron chi connectivity index (χ4n) is 1.91. The lowest BCUT2D eigenvalue weighted by Crippen LogP contribution is -2.21. The summed E-state index contributed by atoms with van der Waals surface area (Å²) < 4.78 is 67.1. The van der Waals surface area contributed by atoms with Crippen LogP contribution in [0.1, 0.15) is 5.82 Å². The molecular weight excluding hydrogens is 429 g/mol. The Morgan fingerprint density at radius 1 is 1.14 bits per heavy atom. The summed E-state index contributed by atoms with van der Waals surface area (Å²) in [5.41, 5.74) is 0.520. The maximum absolute atomic E-state index is 12.2. The number of hydrogen-bond donors (Lipinski definition) is 1. The van der Waals surface area contributed by atoms with Crippen LogP contribution in [0.15, 0.2) is 28.6 Å². The molecule has 0 atom stereocenters. The van der Waals surface area contributed by atoms with Gasteiger partial charge in [-0.05, 0) is 34.7 Å². The molecule has 2 heterocycles.